The maximum atomic E-state index is 13.1. The molecule has 3 rings (SSSR count). The van der Waals surface area contributed by atoms with Gasteiger partial charge in [-0.3, -0.25) is 4.79 Å². The van der Waals surface area contributed by atoms with Gasteiger partial charge in [-0.1, -0.05) is 0 Å². The Kier molecular flexibility index (Phi) is 2.78. The first-order valence-electron chi connectivity index (χ1n) is 6.04. The van der Waals surface area contributed by atoms with Crippen molar-refractivity contribution in [1.29, 1.82) is 0 Å². The normalized spacial score (nSPS) is 22.9. The van der Waals surface area contributed by atoms with Crippen molar-refractivity contribution in [2.45, 2.75) is 12.6 Å². The summed E-state index contributed by atoms with van der Waals surface area (Å²) >= 11 is 0. The third-order valence-electron chi connectivity index (χ3n) is 3.72. The third kappa shape index (κ3) is 1.89. The van der Waals surface area contributed by atoms with E-state index in [1.807, 2.05) is 0 Å². The van der Waals surface area contributed by atoms with Gasteiger partial charge in [0.15, 0.2) is 16.9 Å². The Bertz CT molecular complexity index is 700. The molecule has 0 saturated carbocycles. The van der Waals surface area contributed by atoms with Gasteiger partial charge in [0, 0.05) is 13.1 Å². The van der Waals surface area contributed by atoms with E-state index in [2.05, 4.69) is 19.9 Å². The Balaban J connectivity index is 2.00. The van der Waals surface area contributed by atoms with Crippen LogP contribution < -0.4 is 4.90 Å². The van der Waals surface area contributed by atoms with Crippen LogP contribution in [-0.4, -0.2) is 50.3 Å². The lowest BCUT2D eigenvalue weighted by Gasteiger charge is -2.27. The van der Waals surface area contributed by atoms with E-state index in [1.165, 1.54) is 17.6 Å². The van der Waals surface area contributed by atoms with Crippen molar-refractivity contribution in [2.24, 2.45) is 5.41 Å². The number of hydrogen-bond donors (Lipinski definition) is 2. The number of aliphatic carboxylic acids is 1. The van der Waals surface area contributed by atoms with Crippen molar-refractivity contribution in [3.05, 3.63) is 12.7 Å². The Morgan fingerprint density at radius 3 is 2.76 bits per heavy atom. The first kappa shape index (κ1) is 13.6. The highest BCUT2D eigenvalue weighted by atomic mass is 19.4. The molecule has 0 aliphatic carbocycles. The second-order valence-corrected chi connectivity index (χ2v) is 4.85. The summed E-state index contributed by atoms with van der Waals surface area (Å²) in [5, 5.41) is 9.04. The first-order valence-corrected chi connectivity index (χ1v) is 6.04. The largest absolute Gasteiger partial charge is 0.481 e. The topological polar surface area (TPSA) is 95.0 Å². The van der Waals surface area contributed by atoms with Crippen molar-refractivity contribution >= 4 is 23.0 Å². The molecule has 2 N–H and O–H groups in total. The number of alkyl halides is 3. The molecule has 0 radical (unpaired) electrons. The number of carboxylic acid groups (broad SMARTS) is 1. The molecule has 1 aliphatic heterocycles. The van der Waals surface area contributed by atoms with Crippen molar-refractivity contribution < 1.29 is 23.1 Å². The zero-order chi connectivity index (χ0) is 15.3. The van der Waals surface area contributed by atoms with Gasteiger partial charge in [0.2, 0.25) is 0 Å². The van der Waals surface area contributed by atoms with Gasteiger partial charge in [0.05, 0.1) is 6.33 Å². The zero-order valence-electron chi connectivity index (χ0n) is 10.6. The van der Waals surface area contributed by atoms with Crippen LogP contribution in [0.4, 0.5) is 19.0 Å². The van der Waals surface area contributed by atoms with E-state index >= 15 is 0 Å². The number of hydrogen-bond acceptors (Lipinski definition) is 5. The summed E-state index contributed by atoms with van der Waals surface area (Å²) in [4.78, 5) is 26.9. The lowest BCUT2D eigenvalue weighted by molar-refractivity contribution is -0.225. The van der Waals surface area contributed by atoms with Crippen LogP contribution in [0.1, 0.15) is 6.42 Å². The smallest absolute Gasteiger partial charge is 0.406 e. The molecule has 3 heterocycles. The van der Waals surface area contributed by atoms with E-state index in [-0.39, 0.29) is 12.4 Å². The fourth-order valence-electron chi connectivity index (χ4n) is 2.51. The van der Waals surface area contributed by atoms with Gasteiger partial charge >= 0.3 is 12.1 Å². The predicted molar refractivity (Wildman–Crippen MR) is 64.6 cm³/mol. The van der Waals surface area contributed by atoms with Gasteiger partial charge in [-0.05, 0) is 6.42 Å². The zero-order valence-corrected chi connectivity index (χ0v) is 10.6. The van der Waals surface area contributed by atoms with Crippen molar-refractivity contribution in [3.8, 4) is 0 Å². The van der Waals surface area contributed by atoms with Crippen LogP contribution in [0.15, 0.2) is 12.7 Å². The molecule has 1 fully saturated rings. The Morgan fingerprint density at radius 2 is 2.14 bits per heavy atom. The van der Waals surface area contributed by atoms with E-state index in [4.69, 9.17) is 5.11 Å². The summed E-state index contributed by atoms with van der Waals surface area (Å²) in [6.45, 7) is -0.742. The number of rotatable bonds is 2. The van der Waals surface area contributed by atoms with Crippen molar-refractivity contribution in [1.82, 2.24) is 19.9 Å². The maximum absolute atomic E-state index is 13.1. The van der Waals surface area contributed by atoms with Crippen LogP contribution in [0, 0.1) is 5.41 Å². The number of halogens is 3. The number of nitrogens with one attached hydrogen (secondary N) is 1. The van der Waals surface area contributed by atoms with Gasteiger partial charge in [-0.25, -0.2) is 15.0 Å². The molecule has 21 heavy (non-hydrogen) atoms. The minimum atomic E-state index is -4.83. The van der Waals surface area contributed by atoms with Crippen molar-refractivity contribution in [3.63, 3.8) is 0 Å². The molecule has 1 aliphatic rings. The van der Waals surface area contributed by atoms with Gasteiger partial charge in [0.1, 0.15) is 11.8 Å². The molecule has 0 spiro atoms. The minimum Gasteiger partial charge on any atom is -0.481 e. The molecule has 112 valence electrons. The van der Waals surface area contributed by atoms with Gasteiger partial charge in [-0.15, -0.1) is 0 Å². The average Bonchev–Trinajstić information content (AvgIpc) is 3.04. The average molecular weight is 301 g/mol. The SMILES string of the molecule is O=C(O)C1(C(F)(F)F)CCN(c2ncnc3nc[nH]c23)C1. The highest BCUT2D eigenvalue weighted by Crippen LogP contribution is 2.46. The Labute approximate surface area is 115 Å². The Morgan fingerprint density at radius 1 is 1.38 bits per heavy atom. The highest BCUT2D eigenvalue weighted by Gasteiger charge is 2.64. The summed E-state index contributed by atoms with van der Waals surface area (Å²) in [7, 11) is 0. The number of imidazole rings is 1. The molecular formula is C11H10F3N5O2. The van der Waals surface area contributed by atoms with E-state index in [0.717, 1.165) is 0 Å². The van der Waals surface area contributed by atoms with E-state index in [9.17, 15) is 18.0 Å². The molecule has 1 unspecified atom stereocenters. The second kappa shape index (κ2) is 4.30. The first-order chi connectivity index (χ1) is 9.85. The number of aromatic amines is 1. The fraction of sp³-hybridized carbons (Fsp3) is 0.455. The molecule has 10 heteroatoms. The summed E-state index contributed by atoms with van der Waals surface area (Å²) in [6.07, 6.45) is -2.81. The monoisotopic (exact) mass is 301 g/mol. The quantitative estimate of drug-likeness (QED) is 0.865. The van der Waals surface area contributed by atoms with Crippen LogP contribution in [0.25, 0.3) is 11.2 Å². The number of fused-ring (bicyclic) bond motifs is 1. The number of H-pyrrole nitrogens is 1. The van der Waals surface area contributed by atoms with Gasteiger partial charge in [-0.2, -0.15) is 13.2 Å². The summed E-state index contributed by atoms with van der Waals surface area (Å²) < 4.78 is 39.4. The van der Waals surface area contributed by atoms with Gasteiger partial charge < -0.3 is 15.0 Å². The van der Waals surface area contributed by atoms with E-state index in [0.29, 0.717) is 11.2 Å². The lowest BCUT2D eigenvalue weighted by atomic mass is 9.86. The molecule has 0 aromatic carbocycles. The minimum absolute atomic E-state index is 0.0586. The molecule has 7 nitrogen and oxygen atoms in total. The summed E-state index contributed by atoms with van der Waals surface area (Å²) in [5.74, 6) is -1.64. The molecule has 1 atom stereocenters. The number of nitrogens with zero attached hydrogens (tertiary/aromatic N) is 4. The lowest BCUT2D eigenvalue weighted by Crippen LogP contribution is -2.47. The van der Waals surface area contributed by atoms with Crippen LogP contribution in [0.3, 0.4) is 0 Å². The van der Waals surface area contributed by atoms with Crippen molar-refractivity contribution in [2.75, 3.05) is 18.0 Å². The van der Waals surface area contributed by atoms with Crippen LogP contribution in [0.5, 0.6) is 0 Å². The number of aromatic nitrogens is 4. The van der Waals surface area contributed by atoms with E-state index in [1.54, 1.807) is 0 Å². The highest BCUT2D eigenvalue weighted by molar-refractivity contribution is 5.84. The van der Waals surface area contributed by atoms with E-state index < -0.39 is 30.5 Å². The molecule has 2 aromatic heterocycles. The third-order valence-corrected chi connectivity index (χ3v) is 3.72. The fourth-order valence-corrected chi connectivity index (χ4v) is 2.51. The molecule has 0 amide bonds. The molecular weight excluding hydrogens is 291 g/mol. The second-order valence-electron chi connectivity index (χ2n) is 4.85. The molecule has 2 aromatic rings. The number of anilines is 1. The number of carboxylic acids is 1. The summed E-state index contributed by atoms with van der Waals surface area (Å²) in [5.41, 5.74) is -2.06. The van der Waals surface area contributed by atoms with Gasteiger partial charge in [0.25, 0.3) is 0 Å². The van der Waals surface area contributed by atoms with Crippen LogP contribution in [0.2, 0.25) is 0 Å². The van der Waals surface area contributed by atoms with Crippen LogP contribution >= 0.6 is 0 Å². The summed E-state index contributed by atoms with van der Waals surface area (Å²) in [6, 6.07) is 0. The Hall–Kier alpha value is -2.39. The predicted octanol–water partition coefficient (Wildman–Crippen LogP) is 1.20. The molecule has 0 bridgehead atoms. The standard InChI is InChI=1S/C11H10F3N5O2/c12-11(13,14)10(9(20)21)1-2-19(3-10)8-6-7(16-4-15-6)17-5-18-8/h4-5H,1-3H2,(H,20,21)(H,15,16,17,18). The maximum Gasteiger partial charge on any atom is 0.406 e. The number of carbonyl (C=O) groups is 1. The molecule has 1 saturated heterocycles. The van der Waals surface area contributed by atoms with Crippen LogP contribution in [-0.2, 0) is 4.79 Å².